The lowest BCUT2D eigenvalue weighted by atomic mass is 10.3. The third-order valence-corrected chi connectivity index (χ3v) is 0.990. The minimum absolute atomic E-state index is 0.750. The normalized spacial score (nSPS) is 18.9. The molecule has 0 amide bonds. The number of hydrogen-bond donors (Lipinski definition) is 0. The first kappa shape index (κ1) is 5.35. The quantitative estimate of drug-likeness (QED) is 0.500. The Labute approximate surface area is 48.8 Å². The Bertz CT molecular complexity index is 126. The van der Waals surface area contributed by atoms with Crippen molar-refractivity contribution in [2.75, 3.05) is 6.61 Å². The average Bonchev–Trinajstić information content (AvgIpc) is 2.19. The van der Waals surface area contributed by atoms with Gasteiger partial charge in [0.2, 0.25) is 0 Å². The van der Waals surface area contributed by atoms with Gasteiger partial charge in [0.25, 0.3) is 0 Å². The van der Waals surface area contributed by atoms with E-state index in [1.165, 1.54) is 0 Å². The topological polar surface area (TPSA) is 21.6 Å². The lowest BCUT2D eigenvalue weighted by molar-refractivity contribution is 0.174. The molecule has 0 aliphatic carbocycles. The highest BCUT2D eigenvalue weighted by Crippen LogP contribution is 1.99. The van der Waals surface area contributed by atoms with Crippen molar-refractivity contribution in [2.45, 2.75) is 13.3 Å². The maximum absolute atomic E-state index is 4.75. The van der Waals surface area contributed by atoms with E-state index in [0.717, 1.165) is 18.7 Å². The van der Waals surface area contributed by atoms with Gasteiger partial charge in [0.1, 0.15) is 6.61 Å². The van der Waals surface area contributed by atoms with E-state index in [1.54, 1.807) is 0 Å². The van der Waals surface area contributed by atoms with Gasteiger partial charge in [-0.25, -0.2) is 0 Å². The molecule has 0 radical (unpaired) electrons. The minimum atomic E-state index is 0.750. The molecular weight excluding hydrogens is 102 g/mol. The van der Waals surface area contributed by atoms with Gasteiger partial charge in [-0.05, 0) is 13.0 Å². The maximum Gasteiger partial charge on any atom is 0.122 e. The van der Waals surface area contributed by atoms with Gasteiger partial charge in [0.15, 0.2) is 0 Å². The number of rotatable bonds is 1. The molecule has 0 fully saturated rings. The monoisotopic (exact) mass is 111 g/mol. The van der Waals surface area contributed by atoms with E-state index >= 15 is 0 Å². The van der Waals surface area contributed by atoms with Crippen molar-refractivity contribution in [1.82, 2.24) is 0 Å². The predicted octanol–water partition coefficient (Wildman–Crippen LogP) is 1.34. The third kappa shape index (κ3) is 1.09. The fourth-order valence-corrected chi connectivity index (χ4v) is 0.631. The second kappa shape index (κ2) is 2.50. The molecule has 0 N–H and O–H groups in total. The SMILES string of the molecule is C/C=C/C1=NOCC1. The standard InChI is InChI=1S/C6H9NO/c1-2-3-6-4-5-8-7-6/h2-3H,4-5H2,1H3/b3-2+. The van der Waals surface area contributed by atoms with Gasteiger partial charge < -0.3 is 4.84 Å². The van der Waals surface area contributed by atoms with Gasteiger partial charge in [-0.15, -0.1) is 0 Å². The Morgan fingerprint density at radius 3 is 3.12 bits per heavy atom. The van der Waals surface area contributed by atoms with Crippen LogP contribution in [-0.4, -0.2) is 12.3 Å². The van der Waals surface area contributed by atoms with E-state index in [9.17, 15) is 0 Å². The Morgan fingerprint density at radius 1 is 1.75 bits per heavy atom. The molecule has 0 aromatic rings. The van der Waals surface area contributed by atoms with Crippen LogP contribution in [-0.2, 0) is 4.84 Å². The van der Waals surface area contributed by atoms with Crippen LogP contribution in [0.15, 0.2) is 17.3 Å². The van der Waals surface area contributed by atoms with Crippen molar-refractivity contribution in [3.8, 4) is 0 Å². The molecule has 1 aliphatic heterocycles. The zero-order chi connectivity index (χ0) is 5.82. The number of nitrogens with zero attached hydrogens (tertiary/aromatic N) is 1. The molecule has 1 aliphatic rings. The molecule has 44 valence electrons. The van der Waals surface area contributed by atoms with Crippen LogP contribution in [0.2, 0.25) is 0 Å². The smallest absolute Gasteiger partial charge is 0.122 e. The molecule has 2 nitrogen and oxygen atoms in total. The van der Waals surface area contributed by atoms with Crippen molar-refractivity contribution >= 4 is 5.71 Å². The number of oxime groups is 1. The molecule has 0 saturated heterocycles. The lowest BCUT2D eigenvalue weighted by Crippen LogP contribution is -1.85. The molecule has 0 saturated carbocycles. The molecule has 0 aromatic heterocycles. The van der Waals surface area contributed by atoms with Crippen molar-refractivity contribution in [2.24, 2.45) is 5.16 Å². The van der Waals surface area contributed by atoms with Crippen LogP contribution >= 0.6 is 0 Å². The van der Waals surface area contributed by atoms with Gasteiger partial charge in [0, 0.05) is 6.42 Å². The fraction of sp³-hybridized carbons (Fsp3) is 0.500. The van der Waals surface area contributed by atoms with E-state index in [2.05, 4.69) is 5.16 Å². The summed E-state index contributed by atoms with van der Waals surface area (Å²) < 4.78 is 0. The van der Waals surface area contributed by atoms with Crippen LogP contribution in [0.5, 0.6) is 0 Å². The van der Waals surface area contributed by atoms with Crippen molar-refractivity contribution in [1.29, 1.82) is 0 Å². The van der Waals surface area contributed by atoms with E-state index in [-0.39, 0.29) is 0 Å². The van der Waals surface area contributed by atoms with Crippen LogP contribution in [0.25, 0.3) is 0 Å². The Kier molecular flexibility index (Phi) is 1.67. The Morgan fingerprint density at radius 2 is 2.62 bits per heavy atom. The number of hydrogen-bond acceptors (Lipinski definition) is 2. The molecule has 8 heavy (non-hydrogen) atoms. The first-order chi connectivity index (χ1) is 3.93. The Balaban J connectivity index is 2.45. The summed E-state index contributed by atoms with van der Waals surface area (Å²) >= 11 is 0. The maximum atomic E-state index is 4.75. The summed E-state index contributed by atoms with van der Waals surface area (Å²) in [5.74, 6) is 0. The molecule has 0 bridgehead atoms. The van der Waals surface area contributed by atoms with E-state index in [4.69, 9.17) is 4.84 Å². The largest absolute Gasteiger partial charge is 0.395 e. The molecule has 0 unspecified atom stereocenters. The summed E-state index contributed by atoms with van der Waals surface area (Å²) in [5, 5.41) is 3.76. The summed E-state index contributed by atoms with van der Waals surface area (Å²) in [6, 6.07) is 0. The van der Waals surface area contributed by atoms with Crippen LogP contribution in [0, 0.1) is 0 Å². The first-order valence-corrected chi connectivity index (χ1v) is 2.75. The molecule has 2 heteroatoms. The van der Waals surface area contributed by atoms with Crippen LogP contribution in [0.4, 0.5) is 0 Å². The van der Waals surface area contributed by atoms with E-state index in [0.29, 0.717) is 0 Å². The zero-order valence-electron chi connectivity index (χ0n) is 4.92. The molecule has 1 rings (SSSR count). The highest BCUT2D eigenvalue weighted by Gasteiger charge is 2.01. The highest BCUT2D eigenvalue weighted by atomic mass is 16.6. The summed E-state index contributed by atoms with van der Waals surface area (Å²) in [5.41, 5.74) is 1.05. The van der Waals surface area contributed by atoms with Crippen molar-refractivity contribution < 1.29 is 4.84 Å². The average molecular weight is 111 g/mol. The van der Waals surface area contributed by atoms with Gasteiger partial charge in [-0.3, -0.25) is 0 Å². The highest BCUT2D eigenvalue weighted by molar-refractivity contribution is 5.95. The summed E-state index contributed by atoms with van der Waals surface area (Å²) in [6.07, 6.45) is 4.89. The van der Waals surface area contributed by atoms with Gasteiger partial charge in [0.05, 0.1) is 5.71 Å². The summed E-state index contributed by atoms with van der Waals surface area (Å²) in [6.45, 7) is 2.72. The van der Waals surface area contributed by atoms with Crippen LogP contribution < -0.4 is 0 Å². The lowest BCUT2D eigenvalue weighted by Gasteiger charge is -1.77. The molecule has 0 aromatic carbocycles. The molecule has 0 atom stereocenters. The first-order valence-electron chi connectivity index (χ1n) is 2.75. The summed E-state index contributed by atoms with van der Waals surface area (Å²) in [4.78, 5) is 4.75. The van der Waals surface area contributed by atoms with Gasteiger partial charge >= 0.3 is 0 Å². The van der Waals surface area contributed by atoms with Crippen LogP contribution in [0.3, 0.4) is 0 Å². The zero-order valence-corrected chi connectivity index (χ0v) is 4.92. The minimum Gasteiger partial charge on any atom is -0.395 e. The Hall–Kier alpha value is -0.790. The molecular formula is C6H9NO. The molecule has 0 spiro atoms. The van der Waals surface area contributed by atoms with Gasteiger partial charge in [-0.2, -0.15) is 0 Å². The number of allylic oxidation sites excluding steroid dienone is 2. The van der Waals surface area contributed by atoms with E-state index in [1.807, 2.05) is 19.1 Å². The predicted molar refractivity (Wildman–Crippen MR) is 32.8 cm³/mol. The van der Waals surface area contributed by atoms with Gasteiger partial charge in [-0.1, -0.05) is 11.2 Å². The third-order valence-electron chi connectivity index (χ3n) is 0.990. The molecule has 1 heterocycles. The summed E-state index contributed by atoms with van der Waals surface area (Å²) in [7, 11) is 0. The second-order valence-electron chi connectivity index (χ2n) is 1.67. The van der Waals surface area contributed by atoms with Crippen molar-refractivity contribution in [3.05, 3.63) is 12.2 Å². The van der Waals surface area contributed by atoms with E-state index < -0.39 is 0 Å². The fourth-order valence-electron chi connectivity index (χ4n) is 0.631. The second-order valence-corrected chi connectivity index (χ2v) is 1.67. The van der Waals surface area contributed by atoms with Crippen molar-refractivity contribution in [3.63, 3.8) is 0 Å². The van der Waals surface area contributed by atoms with Crippen LogP contribution in [0.1, 0.15) is 13.3 Å².